The third kappa shape index (κ3) is 5.27. The van der Waals surface area contributed by atoms with Crippen LogP contribution in [0, 0.1) is 11.2 Å². The number of benzene rings is 1. The molecule has 1 aromatic carbocycles. The van der Waals surface area contributed by atoms with E-state index in [1.165, 1.54) is 18.5 Å². The van der Waals surface area contributed by atoms with Gasteiger partial charge in [0.05, 0.1) is 5.69 Å². The van der Waals surface area contributed by atoms with Gasteiger partial charge in [0.2, 0.25) is 0 Å². The number of halogens is 1. The second-order valence-electron chi connectivity index (χ2n) is 11.4. The van der Waals surface area contributed by atoms with Gasteiger partial charge in [-0.15, -0.1) is 10.2 Å². The minimum atomic E-state index is -0.505. The van der Waals surface area contributed by atoms with Crippen molar-refractivity contribution in [3.05, 3.63) is 42.6 Å². The van der Waals surface area contributed by atoms with Gasteiger partial charge in [-0.1, -0.05) is 0 Å². The number of ether oxygens (including phenoxy) is 2. The van der Waals surface area contributed by atoms with E-state index in [9.17, 15) is 9.18 Å². The van der Waals surface area contributed by atoms with E-state index >= 15 is 0 Å². The van der Waals surface area contributed by atoms with Crippen LogP contribution in [-0.4, -0.2) is 67.7 Å². The lowest BCUT2D eigenvalue weighted by Gasteiger charge is -2.54. The van der Waals surface area contributed by atoms with Gasteiger partial charge in [0.25, 0.3) is 5.88 Å². The van der Waals surface area contributed by atoms with Gasteiger partial charge in [0, 0.05) is 49.4 Å². The number of nitrogens with zero attached hydrogens (tertiary/aromatic N) is 7. The van der Waals surface area contributed by atoms with Crippen molar-refractivity contribution >= 4 is 11.9 Å². The Labute approximate surface area is 221 Å². The summed E-state index contributed by atoms with van der Waals surface area (Å²) < 4.78 is 27.9. The minimum Gasteiger partial charge on any atom is -0.444 e. The molecule has 2 aromatic heterocycles. The Hall–Kier alpha value is -3.76. The van der Waals surface area contributed by atoms with E-state index in [1.54, 1.807) is 17.2 Å². The molecule has 0 aliphatic carbocycles. The van der Waals surface area contributed by atoms with Crippen LogP contribution in [0.25, 0.3) is 11.3 Å². The fraction of sp³-hybridized carbons (Fsp3) is 0.519. The number of hydrogen-bond acceptors (Lipinski definition) is 8. The van der Waals surface area contributed by atoms with Crippen molar-refractivity contribution in [2.75, 3.05) is 31.1 Å². The zero-order valence-electron chi connectivity index (χ0n) is 22.5. The molecule has 0 N–H and O–H groups in total. The highest BCUT2D eigenvalue weighted by molar-refractivity contribution is 5.69. The maximum absolute atomic E-state index is 14.3. The first kappa shape index (κ1) is 25.9. The molecule has 0 atom stereocenters. The predicted octanol–water partition coefficient (Wildman–Crippen LogP) is 5.08. The summed E-state index contributed by atoms with van der Waals surface area (Å²) in [6.07, 6.45) is 4.61. The van der Waals surface area contributed by atoms with Gasteiger partial charge in [0.15, 0.2) is 5.82 Å². The average Bonchev–Trinajstić information content (AvgIpc) is 3.33. The largest absolute Gasteiger partial charge is 0.444 e. The van der Waals surface area contributed by atoms with Crippen molar-refractivity contribution in [1.82, 2.24) is 29.9 Å². The van der Waals surface area contributed by atoms with Gasteiger partial charge in [-0.2, -0.15) is 5.10 Å². The van der Waals surface area contributed by atoms with Crippen molar-refractivity contribution < 1.29 is 18.7 Å². The van der Waals surface area contributed by atoms with E-state index in [0.29, 0.717) is 30.2 Å². The summed E-state index contributed by atoms with van der Waals surface area (Å²) in [6.45, 7) is 12.5. The highest BCUT2D eigenvalue weighted by Gasteiger charge is 2.47. The number of carbonyl (C=O) groups is 1. The molecule has 11 heteroatoms. The number of hydrogen-bond donors (Lipinski definition) is 0. The molecule has 10 nitrogen and oxygen atoms in total. The normalized spacial score (nSPS) is 17.0. The van der Waals surface area contributed by atoms with Crippen molar-refractivity contribution in [2.24, 2.45) is 5.41 Å². The molecule has 2 aliphatic heterocycles. The van der Waals surface area contributed by atoms with E-state index in [4.69, 9.17) is 9.47 Å². The first-order chi connectivity index (χ1) is 18.0. The molecule has 3 aromatic rings. The molecule has 0 unspecified atom stereocenters. The summed E-state index contributed by atoms with van der Waals surface area (Å²) in [7, 11) is 0. The fourth-order valence-electron chi connectivity index (χ4n) is 5.10. The fourth-order valence-corrected chi connectivity index (χ4v) is 5.10. The smallest absolute Gasteiger partial charge is 0.410 e. The standard InChI is InChI=1S/C27H34FN7O3/c1-18(2)35-21(8-11-31-35)20-14-19(28)6-7-22(20)37-24-23(29-17-30-32-24)34-15-27(16-34)9-12-33(13-10-27)25(36)38-26(3,4)5/h6-8,11,14,17-18H,9-10,12-13,15-16H2,1-5H3. The number of likely N-dealkylation sites (tertiary alicyclic amines) is 1. The van der Waals surface area contributed by atoms with E-state index < -0.39 is 5.60 Å². The Bertz CT molecular complexity index is 1300. The molecule has 2 fully saturated rings. The van der Waals surface area contributed by atoms with E-state index in [0.717, 1.165) is 31.6 Å². The van der Waals surface area contributed by atoms with Gasteiger partial charge in [-0.3, -0.25) is 4.68 Å². The zero-order valence-corrected chi connectivity index (χ0v) is 22.5. The van der Waals surface area contributed by atoms with Crippen molar-refractivity contribution in [3.8, 4) is 22.9 Å². The van der Waals surface area contributed by atoms with Gasteiger partial charge in [-0.05, 0) is 71.7 Å². The van der Waals surface area contributed by atoms with Crippen molar-refractivity contribution in [1.29, 1.82) is 0 Å². The monoisotopic (exact) mass is 523 g/mol. The van der Waals surface area contributed by atoms with Crippen LogP contribution in [0.2, 0.25) is 0 Å². The molecular weight excluding hydrogens is 489 g/mol. The number of aromatic nitrogens is 5. The molecule has 1 spiro atoms. The quantitative estimate of drug-likeness (QED) is 0.456. The lowest BCUT2D eigenvalue weighted by molar-refractivity contribution is 0.00586. The molecule has 0 saturated carbocycles. The van der Waals surface area contributed by atoms with Crippen LogP contribution in [0.1, 0.15) is 53.5 Å². The predicted molar refractivity (Wildman–Crippen MR) is 140 cm³/mol. The van der Waals surface area contributed by atoms with Crippen LogP contribution in [-0.2, 0) is 4.74 Å². The van der Waals surface area contributed by atoms with Crippen LogP contribution < -0.4 is 9.64 Å². The van der Waals surface area contributed by atoms with Gasteiger partial charge in [0.1, 0.15) is 23.5 Å². The highest BCUT2D eigenvalue weighted by atomic mass is 19.1. The van der Waals surface area contributed by atoms with Crippen molar-refractivity contribution in [2.45, 2.75) is 59.1 Å². The zero-order chi connectivity index (χ0) is 27.1. The Kier molecular flexibility index (Phi) is 6.70. The molecule has 5 rings (SSSR count). The van der Waals surface area contributed by atoms with Gasteiger partial charge in [-0.25, -0.2) is 14.2 Å². The number of amides is 1. The number of piperidine rings is 1. The summed E-state index contributed by atoms with van der Waals surface area (Å²) in [4.78, 5) is 20.8. The van der Waals surface area contributed by atoms with Crippen LogP contribution in [0.4, 0.5) is 15.0 Å². The Morgan fingerprint density at radius 1 is 1.13 bits per heavy atom. The third-order valence-electron chi connectivity index (χ3n) is 6.98. The number of rotatable bonds is 5. The number of carbonyl (C=O) groups excluding carboxylic acids is 1. The molecule has 2 aliphatic rings. The Morgan fingerprint density at radius 2 is 1.87 bits per heavy atom. The topological polar surface area (TPSA) is 98.5 Å². The summed E-state index contributed by atoms with van der Waals surface area (Å²) in [5.41, 5.74) is 0.912. The molecule has 0 radical (unpaired) electrons. The summed E-state index contributed by atoms with van der Waals surface area (Å²) in [5, 5.41) is 12.5. The van der Waals surface area contributed by atoms with Crippen LogP contribution in [0.5, 0.6) is 11.6 Å². The third-order valence-corrected chi connectivity index (χ3v) is 6.98. The summed E-state index contributed by atoms with van der Waals surface area (Å²) in [5.74, 6) is 0.923. The summed E-state index contributed by atoms with van der Waals surface area (Å²) >= 11 is 0. The van der Waals surface area contributed by atoms with Crippen LogP contribution in [0.15, 0.2) is 36.8 Å². The SMILES string of the molecule is CC(C)n1nccc1-c1cc(F)ccc1Oc1nncnc1N1CC2(CCN(C(=O)OC(C)(C)C)CC2)C1. The van der Waals surface area contributed by atoms with Gasteiger partial charge >= 0.3 is 6.09 Å². The van der Waals surface area contributed by atoms with Gasteiger partial charge < -0.3 is 19.3 Å². The number of anilines is 1. The van der Waals surface area contributed by atoms with Crippen LogP contribution in [0.3, 0.4) is 0 Å². The molecule has 2 saturated heterocycles. The Balaban J connectivity index is 1.30. The van der Waals surface area contributed by atoms with E-state index in [-0.39, 0.29) is 29.2 Å². The maximum Gasteiger partial charge on any atom is 0.410 e. The second kappa shape index (κ2) is 9.85. The first-order valence-electron chi connectivity index (χ1n) is 13.0. The van der Waals surface area contributed by atoms with E-state index in [1.807, 2.05) is 45.4 Å². The van der Waals surface area contributed by atoms with E-state index in [2.05, 4.69) is 25.2 Å². The molecule has 38 heavy (non-hydrogen) atoms. The molecule has 4 heterocycles. The minimum absolute atomic E-state index is 0.0869. The lowest BCUT2D eigenvalue weighted by atomic mass is 9.72. The second-order valence-corrected chi connectivity index (χ2v) is 11.4. The molecule has 0 bridgehead atoms. The summed E-state index contributed by atoms with van der Waals surface area (Å²) in [6, 6.07) is 6.30. The average molecular weight is 524 g/mol. The highest BCUT2D eigenvalue weighted by Crippen LogP contribution is 2.45. The maximum atomic E-state index is 14.3. The Morgan fingerprint density at radius 3 is 2.55 bits per heavy atom. The first-order valence-corrected chi connectivity index (χ1v) is 13.0. The van der Waals surface area contributed by atoms with Crippen molar-refractivity contribution in [3.63, 3.8) is 0 Å². The lowest BCUT2D eigenvalue weighted by Crippen LogP contribution is -2.61. The van der Waals surface area contributed by atoms with Crippen LogP contribution >= 0.6 is 0 Å². The molecule has 1 amide bonds. The molecule has 202 valence electrons. The molecular formula is C27H34FN7O3.